The Morgan fingerprint density at radius 3 is 2.68 bits per heavy atom. The van der Waals surface area contributed by atoms with Gasteiger partial charge >= 0.3 is 0 Å². The number of fused-ring (bicyclic) bond motifs is 1. The van der Waals surface area contributed by atoms with E-state index in [1.807, 2.05) is 0 Å². The third-order valence-electron chi connectivity index (χ3n) is 3.41. The van der Waals surface area contributed by atoms with Crippen LogP contribution in [0.3, 0.4) is 0 Å². The van der Waals surface area contributed by atoms with Crippen molar-refractivity contribution in [2.45, 2.75) is 13.0 Å². The minimum atomic E-state index is -0.0655. The molecule has 2 N–H and O–H groups in total. The van der Waals surface area contributed by atoms with E-state index < -0.39 is 0 Å². The Morgan fingerprint density at radius 1 is 1.11 bits per heavy atom. The highest BCUT2D eigenvalue weighted by atomic mass is 79.9. The zero-order valence-electron chi connectivity index (χ0n) is 10.6. The number of thiophene rings is 1. The Balaban J connectivity index is 2.10. The Hall–Kier alpha value is -1.16. The SMILES string of the molecule is Cc1cc(Br)ccc1C(N)c1csc2ccccc12. The second kappa shape index (κ2) is 5.08. The number of halogens is 1. The summed E-state index contributed by atoms with van der Waals surface area (Å²) in [6.45, 7) is 2.11. The van der Waals surface area contributed by atoms with Crippen LogP contribution in [-0.2, 0) is 0 Å². The van der Waals surface area contributed by atoms with Crippen LogP contribution in [0, 0.1) is 6.92 Å². The molecule has 1 atom stereocenters. The monoisotopic (exact) mass is 331 g/mol. The number of aryl methyl sites for hydroxylation is 1. The van der Waals surface area contributed by atoms with Crippen LogP contribution in [0.1, 0.15) is 22.7 Å². The molecule has 1 nitrogen and oxygen atoms in total. The summed E-state index contributed by atoms with van der Waals surface area (Å²) in [6, 6.07) is 14.6. The van der Waals surface area contributed by atoms with Crippen molar-refractivity contribution >= 4 is 37.4 Å². The van der Waals surface area contributed by atoms with Crippen molar-refractivity contribution in [3.63, 3.8) is 0 Å². The van der Waals surface area contributed by atoms with Crippen LogP contribution in [0.4, 0.5) is 0 Å². The van der Waals surface area contributed by atoms with Gasteiger partial charge in [0, 0.05) is 9.17 Å². The summed E-state index contributed by atoms with van der Waals surface area (Å²) in [6.07, 6.45) is 0. The van der Waals surface area contributed by atoms with Crippen LogP contribution in [0.2, 0.25) is 0 Å². The van der Waals surface area contributed by atoms with Crippen LogP contribution in [0.25, 0.3) is 10.1 Å². The molecular weight excluding hydrogens is 318 g/mol. The van der Waals surface area contributed by atoms with Gasteiger partial charge in [0.2, 0.25) is 0 Å². The molecule has 2 aromatic carbocycles. The highest BCUT2D eigenvalue weighted by Crippen LogP contribution is 2.33. The largest absolute Gasteiger partial charge is 0.320 e. The van der Waals surface area contributed by atoms with Crippen molar-refractivity contribution in [3.8, 4) is 0 Å². The predicted molar refractivity (Wildman–Crippen MR) is 86.7 cm³/mol. The molecule has 0 aliphatic carbocycles. The molecule has 0 amide bonds. The van der Waals surface area contributed by atoms with E-state index in [2.05, 4.69) is 70.7 Å². The summed E-state index contributed by atoms with van der Waals surface area (Å²) in [5.74, 6) is 0. The third-order valence-corrected chi connectivity index (χ3v) is 4.89. The lowest BCUT2D eigenvalue weighted by molar-refractivity contribution is 0.873. The zero-order valence-corrected chi connectivity index (χ0v) is 13.0. The highest BCUT2D eigenvalue weighted by Gasteiger charge is 2.15. The number of rotatable bonds is 2. The fraction of sp³-hybridized carbons (Fsp3) is 0.125. The van der Waals surface area contributed by atoms with Crippen LogP contribution in [-0.4, -0.2) is 0 Å². The summed E-state index contributed by atoms with van der Waals surface area (Å²) >= 11 is 5.25. The lowest BCUT2D eigenvalue weighted by Crippen LogP contribution is -2.12. The van der Waals surface area contributed by atoms with Crippen LogP contribution >= 0.6 is 27.3 Å². The molecule has 0 aliphatic heterocycles. The summed E-state index contributed by atoms with van der Waals surface area (Å²) in [5, 5.41) is 3.44. The molecule has 96 valence electrons. The first-order chi connectivity index (χ1) is 9.16. The number of hydrogen-bond donors (Lipinski definition) is 1. The number of benzene rings is 2. The fourth-order valence-electron chi connectivity index (χ4n) is 2.39. The average Bonchev–Trinajstić information content (AvgIpc) is 2.82. The van der Waals surface area contributed by atoms with E-state index in [1.165, 1.54) is 26.8 Å². The summed E-state index contributed by atoms with van der Waals surface area (Å²) < 4.78 is 2.39. The zero-order chi connectivity index (χ0) is 13.4. The smallest absolute Gasteiger partial charge is 0.0568 e. The first kappa shape index (κ1) is 12.9. The predicted octanol–water partition coefficient (Wildman–Crippen LogP) is 5.02. The van der Waals surface area contributed by atoms with Crippen LogP contribution < -0.4 is 5.73 Å². The van der Waals surface area contributed by atoms with Gasteiger partial charge < -0.3 is 5.73 Å². The molecule has 19 heavy (non-hydrogen) atoms. The molecule has 0 spiro atoms. The molecule has 0 radical (unpaired) electrons. The van der Waals surface area contributed by atoms with Gasteiger partial charge in [-0.25, -0.2) is 0 Å². The van der Waals surface area contributed by atoms with Crippen molar-refractivity contribution in [2.75, 3.05) is 0 Å². The van der Waals surface area contributed by atoms with Crippen molar-refractivity contribution in [1.82, 2.24) is 0 Å². The molecule has 1 unspecified atom stereocenters. The van der Waals surface area contributed by atoms with E-state index in [4.69, 9.17) is 5.73 Å². The minimum absolute atomic E-state index is 0.0655. The molecule has 3 rings (SSSR count). The van der Waals surface area contributed by atoms with Gasteiger partial charge in [-0.15, -0.1) is 11.3 Å². The maximum Gasteiger partial charge on any atom is 0.0568 e. The molecule has 3 heteroatoms. The summed E-state index contributed by atoms with van der Waals surface area (Å²) in [5.41, 5.74) is 10.1. The Kier molecular flexibility index (Phi) is 3.44. The normalized spacial score (nSPS) is 12.8. The van der Waals surface area contributed by atoms with Gasteiger partial charge in [-0.2, -0.15) is 0 Å². The Labute approximate surface area is 125 Å². The molecule has 1 aromatic heterocycles. The number of hydrogen-bond acceptors (Lipinski definition) is 2. The molecule has 0 aliphatic rings. The van der Waals surface area contributed by atoms with E-state index in [0.29, 0.717) is 0 Å². The quantitative estimate of drug-likeness (QED) is 0.700. The topological polar surface area (TPSA) is 26.0 Å². The average molecular weight is 332 g/mol. The second-order valence-electron chi connectivity index (χ2n) is 4.67. The lowest BCUT2D eigenvalue weighted by atomic mass is 9.95. The fourth-order valence-corrected chi connectivity index (χ4v) is 3.87. The van der Waals surface area contributed by atoms with E-state index in [1.54, 1.807) is 11.3 Å². The maximum atomic E-state index is 6.47. The molecule has 0 fully saturated rings. The van der Waals surface area contributed by atoms with Gasteiger partial charge in [-0.3, -0.25) is 0 Å². The standard InChI is InChI=1S/C16H14BrNS/c1-10-8-11(17)6-7-12(10)16(18)14-9-19-15-5-3-2-4-13(14)15/h2-9,16H,18H2,1H3. The Bertz CT molecular complexity index is 732. The highest BCUT2D eigenvalue weighted by molar-refractivity contribution is 9.10. The van der Waals surface area contributed by atoms with Gasteiger partial charge in [0.1, 0.15) is 0 Å². The van der Waals surface area contributed by atoms with E-state index >= 15 is 0 Å². The minimum Gasteiger partial charge on any atom is -0.320 e. The molecule has 0 bridgehead atoms. The van der Waals surface area contributed by atoms with Crippen LogP contribution in [0.15, 0.2) is 52.3 Å². The van der Waals surface area contributed by atoms with Crippen molar-refractivity contribution in [1.29, 1.82) is 0 Å². The molecule has 0 saturated heterocycles. The molecule has 1 heterocycles. The van der Waals surface area contributed by atoms with Gasteiger partial charge in [0.25, 0.3) is 0 Å². The van der Waals surface area contributed by atoms with Gasteiger partial charge in [-0.05, 0) is 52.6 Å². The molecule has 3 aromatic rings. The van der Waals surface area contributed by atoms with Gasteiger partial charge in [0.15, 0.2) is 0 Å². The molecular formula is C16H14BrNS. The van der Waals surface area contributed by atoms with Gasteiger partial charge in [0.05, 0.1) is 6.04 Å². The lowest BCUT2D eigenvalue weighted by Gasteiger charge is -2.14. The summed E-state index contributed by atoms with van der Waals surface area (Å²) in [7, 11) is 0. The van der Waals surface area contributed by atoms with Crippen LogP contribution in [0.5, 0.6) is 0 Å². The van der Waals surface area contributed by atoms with E-state index in [-0.39, 0.29) is 6.04 Å². The van der Waals surface area contributed by atoms with Crippen molar-refractivity contribution in [2.24, 2.45) is 5.73 Å². The van der Waals surface area contributed by atoms with Crippen molar-refractivity contribution < 1.29 is 0 Å². The maximum absolute atomic E-state index is 6.47. The van der Waals surface area contributed by atoms with Gasteiger partial charge in [-0.1, -0.05) is 40.2 Å². The molecule has 0 saturated carbocycles. The Morgan fingerprint density at radius 2 is 1.89 bits per heavy atom. The number of nitrogens with two attached hydrogens (primary N) is 1. The summed E-state index contributed by atoms with van der Waals surface area (Å²) in [4.78, 5) is 0. The first-order valence-corrected chi connectivity index (χ1v) is 7.82. The third kappa shape index (κ3) is 2.34. The second-order valence-corrected chi connectivity index (χ2v) is 6.49. The van der Waals surface area contributed by atoms with Crippen molar-refractivity contribution in [3.05, 3.63) is 69.0 Å². The first-order valence-electron chi connectivity index (χ1n) is 6.14. The van der Waals surface area contributed by atoms with E-state index in [0.717, 1.165) is 4.47 Å². The van der Waals surface area contributed by atoms with E-state index in [9.17, 15) is 0 Å².